The fourth-order valence-corrected chi connectivity index (χ4v) is 2.29. The van der Waals surface area contributed by atoms with Gasteiger partial charge in [-0.2, -0.15) is 0 Å². The number of hydrogen-bond donors (Lipinski definition) is 1. The number of fused-ring (bicyclic) bond motifs is 1. The maximum Gasteiger partial charge on any atom is 0.258 e. The molecule has 2 rings (SSSR count). The highest BCUT2D eigenvalue weighted by Gasteiger charge is 2.27. The molecule has 1 aliphatic heterocycles. The molecule has 1 atom stereocenters. The molecule has 0 saturated heterocycles. The summed E-state index contributed by atoms with van der Waals surface area (Å²) in [5.41, 5.74) is 5.73. The average Bonchev–Trinajstić information content (AvgIpc) is 2.70. The van der Waals surface area contributed by atoms with Gasteiger partial charge < -0.3 is 20.1 Å². The highest BCUT2D eigenvalue weighted by atomic mass is 16.5. The van der Waals surface area contributed by atoms with Crippen molar-refractivity contribution in [2.45, 2.75) is 26.4 Å². The number of nitrogens with zero attached hydrogens (tertiary/aromatic N) is 1. The van der Waals surface area contributed by atoms with E-state index >= 15 is 0 Å². The lowest BCUT2D eigenvalue weighted by Gasteiger charge is -2.21. The summed E-state index contributed by atoms with van der Waals surface area (Å²) in [5.74, 6) is 0.123. The molecule has 0 saturated carbocycles. The average molecular weight is 292 g/mol. The summed E-state index contributed by atoms with van der Waals surface area (Å²) in [6, 6.07) is 5.09. The highest BCUT2D eigenvalue weighted by Crippen LogP contribution is 2.35. The van der Waals surface area contributed by atoms with Crippen LogP contribution in [0.3, 0.4) is 0 Å². The quantitative estimate of drug-likeness (QED) is 0.903. The van der Waals surface area contributed by atoms with E-state index in [4.69, 9.17) is 15.2 Å². The van der Waals surface area contributed by atoms with Crippen LogP contribution in [0.4, 0.5) is 0 Å². The van der Waals surface area contributed by atoms with Gasteiger partial charge in [0.2, 0.25) is 0 Å². The van der Waals surface area contributed by atoms with Gasteiger partial charge in [0, 0.05) is 19.5 Å². The molecule has 1 aromatic rings. The standard InChI is InChI=1S/C15H20N2O4/c1-3-17(4-2)15(19)10-6-5-7-11-13(10)20-9-8-12(21-11)14(16)18/h5-7,12H,3-4,8-9H2,1-2H3,(H2,16,18). The molecule has 0 fully saturated rings. The molecular formula is C15H20N2O4. The van der Waals surface area contributed by atoms with Crippen molar-refractivity contribution in [3.63, 3.8) is 0 Å². The zero-order valence-corrected chi connectivity index (χ0v) is 12.3. The second-order valence-electron chi connectivity index (χ2n) is 4.76. The molecule has 0 bridgehead atoms. The van der Waals surface area contributed by atoms with E-state index in [1.54, 1.807) is 23.1 Å². The van der Waals surface area contributed by atoms with Gasteiger partial charge in [-0.05, 0) is 26.0 Å². The molecule has 1 heterocycles. The Morgan fingerprint density at radius 1 is 1.33 bits per heavy atom. The predicted octanol–water partition coefficient (Wildman–Crippen LogP) is 1.18. The Bertz CT molecular complexity index is 540. The van der Waals surface area contributed by atoms with Gasteiger partial charge in [-0.15, -0.1) is 0 Å². The summed E-state index contributed by atoms with van der Waals surface area (Å²) in [7, 11) is 0. The van der Waals surface area contributed by atoms with Crippen LogP contribution in [0.2, 0.25) is 0 Å². The van der Waals surface area contributed by atoms with Crippen LogP contribution in [0, 0.1) is 0 Å². The van der Waals surface area contributed by atoms with Crippen LogP contribution in [0.1, 0.15) is 30.6 Å². The number of nitrogens with two attached hydrogens (primary N) is 1. The monoisotopic (exact) mass is 292 g/mol. The van der Waals surface area contributed by atoms with Crippen molar-refractivity contribution in [3.05, 3.63) is 23.8 Å². The van der Waals surface area contributed by atoms with Crippen molar-refractivity contribution in [1.82, 2.24) is 4.90 Å². The molecule has 0 aromatic heterocycles. The second kappa shape index (κ2) is 6.47. The van der Waals surface area contributed by atoms with Crippen LogP contribution in [0.25, 0.3) is 0 Å². The Kier molecular flexibility index (Phi) is 4.67. The van der Waals surface area contributed by atoms with E-state index in [1.165, 1.54) is 0 Å². The zero-order chi connectivity index (χ0) is 15.4. The Labute approximate surface area is 123 Å². The van der Waals surface area contributed by atoms with Gasteiger partial charge in [0.15, 0.2) is 17.6 Å². The number of benzene rings is 1. The lowest BCUT2D eigenvalue weighted by atomic mass is 10.1. The maximum absolute atomic E-state index is 12.5. The minimum atomic E-state index is -0.731. The largest absolute Gasteiger partial charge is 0.489 e. The van der Waals surface area contributed by atoms with Gasteiger partial charge in [-0.25, -0.2) is 0 Å². The topological polar surface area (TPSA) is 81.9 Å². The third kappa shape index (κ3) is 3.09. The normalized spacial score (nSPS) is 17.0. The smallest absolute Gasteiger partial charge is 0.258 e. The molecule has 1 aromatic carbocycles. The van der Waals surface area contributed by atoms with Crippen LogP contribution in [-0.4, -0.2) is 42.5 Å². The minimum Gasteiger partial charge on any atom is -0.489 e. The van der Waals surface area contributed by atoms with E-state index in [1.807, 2.05) is 13.8 Å². The van der Waals surface area contributed by atoms with Crippen molar-refractivity contribution in [3.8, 4) is 11.5 Å². The van der Waals surface area contributed by atoms with Crippen LogP contribution in [0.5, 0.6) is 11.5 Å². The van der Waals surface area contributed by atoms with Crippen molar-refractivity contribution >= 4 is 11.8 Å². The number of hydrogen-bond acceptors (Lipinski definition) is 4. The van der Waals surface area contributed by atoms with Crippen LogP contribution >= 0.6 is 0 Å². The summed E-state index contributed by atoms with van der Waals surface area (Å²) >= 11 is 0. The number of carbonyl (C=O) groups excluding carboxylic acids is 2. The first-order valence-corrected chi connectivity index (χ1v) is 7.09. The second-order valence-corrected chi connectivity index (χ2v) is 4.76. The predicted molar refractivity (Wildman–Crippen MR) is 77.4 cm³/mol. The fourth-order valence-electron chi connectivity index (χ4n) is 2.29. The summed E-state index contributed by atoms with van der Waals surface area (Å²) in [5, 5.41) is 0. The lowest BCUT2D eigenvalue weighted by Crippen LogP contribution is -2.33. The molecule has 0 spiro atoms. The Morgan fingerprint density at radius 2 is 2.05 bits per heavy atom. The lowest BCUT2D eigenvalue weighted by molar-refractivity contribution is -0.124. The molecule has 6 heteroatoms. The molecule has 0 aliphatic carbocycles. The summed E-state index contributed by atoms with van der Waals surface area (Å²) in [6.45, 7) is 5.35. The van der Waals surface area contributed by atoms with Crippen LogP contribution in [-0.2, 0) is 4.79 Å². The van der Waals surface area contributed by atoms with E-state index < -0.39 is 12.0 Å². The number of para-hydroxylation sites is 1. The molecule has 0 radical (unpaired) electrons. The molecular weight excluding hydrogens is 272 g/mol. The first-order valence-electron chi connectivity index (χ1n) is 7.09. The third-order valence-electron chi connectivity index (χ3n) is 3.47. The molecule has 1 unspecified atom stereocenters. The van der Waals surface area contributed by atoms with Gasteiger partial charge in [-0.3, -0.25) is 9.59 Å². The van der Waals surface area contributed by atoms with Crippen LogP contribution < -0.4 is 15.2 Å². The minimum absolute atomic E-state index is 0.113. The number of primary amides is 1. The maximum atomic E-state index is 12.5. The van der Waals surface area contributed by atoms with E-state index in [9.17, 15) is 9.59 Å². The summed E-state index contributed by atoms with van der Waals surface area (Å²) in [6.07, 6.45) is -0.367. The van der Waals surface area contributed by atoms with Gasteiger partial charge >= 0.3 is 0 Å². The Hall–Kier alpha value is -2.24. The van der Waals surface area contributed by atoms with Crippen molar-refractivity contribution < 1.29 is 19.1 Å². The molecule has 1 aliphatic rings. The Morgan fingerprint density at radius 3 is 2.67 bits per heavy atom. The Balaban J connectivity index is 2.37. The van der Waals surface area contributed by atoms with Gasteiger partial charge in [0.25, 0.3) is 11.8 Å². The van der Waals surface area contributed by atoms with Crippen LogP contribution in [0.15, 0.2) is 18.2 Å². The van der Waals surface area contributed by atoms with E-state index in [-0.39, 0.29) is 12.5 Å². The molecule has 2 amide bonds. The van der Waals surface area contributed by atoms with Crippen molar-refractivity contribution in [2.75, 3.05) is 19.7 Å². The summed E-state index contributed by atoms with van der Waals surface area (Å²) < 4.78 is 11.2. The molecule has 2 N–H and O–H groups in total. The van der Waals surface area contributed by atoms with E-state index in [0.717, 1.165) is 0 Å². The first-order chi connectivity index (χ1) is 10.1. The van der Waals surface area contributed by atoms with Gasteiger partial charge in [0.05, 0.1) is 12.2 Å². The molecule has 114 valence electrons. The van der Waals surface area contributed by atoms with E-state index in [2.05, 4.69) is 0 Å². The first kappa shape index (κ1) is 15.2. The van der Waals surface area contributed by atoms with E-state index in [0.29, 0.717) is 36.6 Å². The number of amides is 2. The fraction of sp³-hybridized carbons (Fsp3) is 0.467. The van der Waals surface area contributed by atoms with Crippen molar-refractivity contribution in [2.24, 2.45) is 5.73 Å². The zero-order valence-electron chi connectivity index (χ0n) is 12.3. The highest BCUT2D eigenvalue weighted by molar-refractivity contribution is 5.98. The number of carbonyl (C=O) groups is 2. The van der Waals surface area contributed by atoms with Gasteiger partial charge in [0.1, 0.15) is 0 Å². The third-order valence-corrected chi connectivity index (χ3v) is 3.47. The summed E-state index contributed by atoms with van der Waals surface area (Å²) in [4.78, 5) is 25.5. The molecule has 21 heavy (non-hydrogen) atoms. The van der Waals surface area contributed by atoms with Crippen molar-refractivity contribution in [1.29, 1.82) is 0 Å². The van der Waals surface area contributed by atoms with Gasteiger partial charge in [-0.1, -0.05) is 6.07 Å². The molecule has 6 nitrogen and oxygen atoms in total. The number of rotatable bonds is 4. The SMILES string of the molecule is CCN(CC)C(=O)c1cccc2c1OCCC(C(N)=O)O2. The number of ether oxygens (including phenoxy) is 2.